The first-order valence-corrected chi connectivity index (χ1v) is 17.6. The van der Waals surface area contributed by atoms with Gasteiger partial charge in [-0.3, -0.25) is 0 Å². The summed E-state index contributed by atoms with van der Waals surface area (Å²) < 4.78 is 23.3. The highest BCUT2D eigenvalue weighted by atomic mass is 28.4. The van der Waals surface area contributed by atoms with Gasteiger partial charge in [-0.05, 0) is 72.0 Å². The number of nitrogens with zero attached hydrogens (tertiary/aromatic N) is 1. The molecule has 0 N–H and O–H groups in total. The molecule has 0 bridgehead atoms. The highest BCUT2D eigenvalue weighted by Crippen LogP contribution is 2.15. The molecule has 0 rings (SSSR count). The molecule has 0 fully saturated rings. The molecule has 5 nitrogen and oxygen atoms in total. The third-order valence-electron chi connectivity index (χ3n) is 4.94. The Balaban J connectivity index is 3.41. The van der Waals surface area contributed by atoms with E-state index in [1.165, 1.54) is 24.9 Å². The van der Waals surface area contributed by atoms with Crippen molar-refractivity contribution in [2.75, 3.05) is 59.8 Å². The molecule has 0 aromatic rings. The molecule has 0 spiro atoms. The Bertz CT molecular complexity index is 325. The Labute approximate surface area is 177 Å². The van der Waals surface area contributed by atoms with Gasteiger partial charge in [0.05, 0.1) is 13.2 Å². The molecular weight excluding hydrogens is 386 g/mol. The van der Waals surface area contributed by atoms with Crippen LogP contribution in [0.2, 0.25) is 38.3 Å². The predicted molar refractivity (Wildman–Crippen MR) is 125 cm³/mol. The third-order valence-corrected chi connectivity index (χ3v) is 10.2. The number of ether oxygens (including phenoxy) is 2. The number of likely N-dealkylation sites (N-methyl/N-ethyl adjacent to an activating group) is 1. The molecule has 7 heteroatoms. The summed E-state index contributed by atoms with van der Waals surface area (Å²) in [6.45, 7) is 20.4. The summed E-state index contributed by atoms with van der Waals surface area (Å²) in [7, 11) is -0.687. The molecule has 170 valence electrons. The van der Waals surface area contributed by atoms with Crippen molar-refractivity contribution in [2.45, 2.75) is 77.8 Å². The second kappa shape index (κ2) is 17.0. The first-order valence-electron chi connectivity index (χ1n) is 11.3. The molecule has 28 heavy (non-hydrogen) atoms. The van der Waals surface area contributed by atoms with Crippen molar-refractivity contribution < 1.29 is 18.3 Å². The van der Waals surface area contributed by atoms with Crippen molar-refractivity contribution >= 4 is 16.6 Å². The minimum Gasteiger partial charge on any atom is -0.418 e. The number of hydrogen-bond donors (Lipinski definition) is 0. The molecule has 0 aromatic carbocycles. The van der Waals surface area contributed by atoms with Gasteiger partial charge in [-0.25, -0.2) is 0 Å². The first-order chi connectivity index (χ1) is 13.2. The Morgan fingerprint density at radius 3 is 1.36 bits per heavy atom. The Kier molecular flexibility index (Phi) is 17.1. The fourth-order valence-corrected chi connectivity index (χ4v) is 7.25. The quantitative estimate of drug-likeness (QED) is 0.199. The summed E-state index contributed by atoms with van der Waals surface area (Å²) in [6, 6.07) is 2.46. The van der Waals surface area contributed by atoms with Crippen LogP contribution in [0, 0.1) is 0 Å². The summed E-state index contributed by atoms with van der Waals surface area (Å²) in [5, 5.41) is 0. The van der Waals surface area contributed by atoms with Gasteiger partial charge in [0, 0.05) is 39.5 Å². The zero-order valence-electron chi connectivity index (χ0n) is 20.0. The van der Waals surface area contributed by atoms with Crippen LogP contribution in [0.3, 0.4) is 0 Å². The molecule has 0 aliphatic rings. The van der Waals surface area contributed by atoms with Crippen molar-refractivity contribution in [1.82, 2.24) is 4.90 Å². The fraction of sp³-hybridized carbons (Fsp3) is 1.00. The highest BCUT2D eigenvalue weighted by molar-refractivity contribution is 6.71. The summed E-state index contributed by atoms with van der Waals surface area (Å²) >= 11 is 0. The van der Waals surface area contributed by atoms with E-state index in [0.717, 1.165) is 65.6 Å². The smallest absolute Gasteiger partial charge is 0.186 e. The first kappa shape index (κ1) is 28.2. The van der Waals surface area contributed by atoms with Crippen LogP contribution in [0.1, 0.15) is 39.5 Å². The van der Waals surface area contributed by atoms with E-state index in [4.69, 9.17) is 18.3 Å². The third kappa shape index (κ3) is 18.3. The predicted octanol–water partition coefficient (Wildman–Crippen LogP) is 5.00. The maximum Gasteiger partial charge on any atom is 0.186 e. The van der Waals surface area contributed by atoms with E-state index < -0.39 is 16.6 Å². The molecule has 0 unspecified atom stereocenters. The van der Waals surface area contributed by atoms with E-state index in [0.29, 0.717) is 0 Å². The van der Waals surface area contributed by atoms with Crippen LogP contribution in [-0.4, -0.2) is 81.3 Å². The average molecular weight is 436 g/mol. The van der Waals surface area contributed by atoms with Crippen molar-refractivity contribution in [2.24, 2.45) is 0 Å². The van der Waals surface area contributed by atoms with Gasteiger partial charge < -0.3 is 23.2 Å². The van der Waals surface area contributed by atoms with Gasteiger partial charge >= 0.3 is 0 Å². The molecule has 0 aliphatic heterocycles. The van der Waals surface area contributed by atoms with E-state index in [1.807, 2.05) is 0 Å². The Hall–Kier alpha value is 0.234. The van der Waals surface area contributed by atoms with Crippen LogP contribution in [0.15, 0.2) is 0 Å². The number of unbranched alkanes of at least 4 members (excludes halogenated alkanes) is 2. The van der Waals surface area contributed by atoms with E-state index in [-0.39, 0.29) is 0 Å². The van der Waals surface area contributed by atoms with Crippen molar-refractivity contribution in [3.05, 3.63) is 0 Å². The van der Waals surface area contributed by atoms with E-state index >= 15 is 0 Å². The van der Waals surface area contributed by atoms with Crippen molar-refractivity contribution in [3.63, 3.8) is 0 Å². The van der Waals surface area contributed by atoms with Crippen LogP contribution in [0.25, 0.3) is 0 Å². The lowest BCUT2D eigenvalue weighted by Gasteiger charge is -2.21. The molecule has 0 atom stereocenters. The second-order valence-electron chi connectivity index (χ2n) is 8.83. The minimum absolute atomic E-state index is 0.805. The minimum atomic E-state index is -1.41. The summed E-state index contributed by atoms with van der Waals surface area (Å²) in [4.78, 5) is 2.29. The number of hydrogen-bond acceptors (Lipinski definition) is 5. The largest absolute Gasteiger partial charge is 0.418 e. The van der Waals surface area contributed by atoms with Crippen LogP contribution in [-0.2, 0) is 18.3 Å². The maximum absolute atomic E-state index is 5.86. The second-order valence-corrected chi connectivity index (χ2v) is 17.4. The summed E-state index contributed by atoms with van der Waals surface area (Å²) in [6.07, 6.45) is 4.71. The topological polar surface area (TPSA) is 40.2 Å². The van der Waals surface area contributed by atoms with E-state index in [1.54, 1.807) is 0 Å². The average Bonchev–Trinajstić information content (AvgIpc) is 2.59. The van der Waals surface area contributed by atoms with Gasteiger partial charge in [0.15, 0.2) is 16.6 Å². The molecule has 0 radical (unpaired) electrons. The molecule has 0 saturated heterocycles. The van der Waals surface area contributed by atoms with Gasteiger partial charge in [0.25, 0.3) is 0 Å². The Morgan fingerprint density at radius 1 is 0.607 bits per heavy atom. The molecule has 0 saturated carbocycles. The maximum atomic E-state index is 5.86. The van der Waals surface area contributed by atoms with Gasteiger partial charge in [0.2, 0.25) is 0 Å². The van der Waals surface area contributed by atoms with E-state index in [2.05, 4.69) is 52.0 Å². The molecule has 0 amide bonds. The van der Waals surface area contributed by atoms with Crippen molar-refractivity contribution in [1.29, 1.82) is 0 Å². The SMILES string of the molecule is CCO[Si](C)(C)CCCCOCCN(C)CCOCCCC[Si](C)(C)OCC. The highest BCUT2D eigenvalue weighted by Gasteiger charge is 2.21. The molecular formula is C21H49NO4Si2. The molecule has 0 aliphatic carbocycles. The lowest BCUT2D eigenvalue weighted by molar-refractivity contribution is 0.0822. The monoisotopic (exact) mass is 435 g/mol. The molecule has 0 heterocycles. The zero-order chi connectivity index (χ0) is 21.3. The lowest BCUT2D eigenvalue weighted by Crippen LogP contribution is -2.30. The molecule has 0 aromatic heterocycles. The van der Waals surface area contributed by atoms with Crippen LogP contribution in [0.4, 0.5) is 0 Å². The van der Waals surface area contributed by atoms with Gasteiger partial charge in [-0.2, -0.15) is 0 Å². The fourth-order valence-electron chi connectivity index (χ4n) is 3.19. The van der Waals surface area contributed by atoms with Crippen LogP contribution in [0.5, 0.6) is 0 Å². The van der Waals surface area contributed by atoms with Crippen molar-refractivity contribution in [3.8, 4) is 0 Å². The normalized spacial score (nSPS) is 12.9. The standard InChI is InChI=1S/C21H49NO4Si2/c1-8-25-27(4,5)20-12-10-16-23-18-14-22(3)15-19-24-17-11-13-21-28(6,7)26-9-2/h8-21H2,1-7H3. The van der Waals surface area contributed by atoms with Gasteiger partial charge in [-0.15, -0.1) is 0 Å². The van der Waals surface area contributed by atoms with Gasteiger partial charge in [-0.1, -0.05) is 12.8 Å². The Morgan fingerprint density at radius 2 is 1.00 bits per heavy atom. The summed E-state index contributed by atoms with van der Waals surface area (Å²) in [5.41, 5.74) is 0. The number of rotatable bonds is 20. The lowest BCUT2D eigenvalue weighted by atomic mass is 10.3. The zero-order valence-corrected chi connectivity index (χ0v) is 22.0. The van der Waals surface area contributed by atoms with E-state index in [9.17, 15) is 0 Å². The van der Waals surface area contributed by atoms with Gasteiger partial charge in [0.1, 0.15) is 0 Å². The van der Waals surface area contributed by atoms with Crippen LogP contribution >= 0.6 is 0 Å². The van der Waals surface area contributed by atoms with Crippen LogP contribution < -0.4 is 0 Å². The summed E-state index contributed by atoms with van der Waals surface area (Å²) in [5.74, 6) is 0.